The van der Waals surface area contributed by atoms with Crippen LogP contribution in [0.4, 0.5) is 0 Å². The Bertz CT molecular complexity index is 1330. The third-order valence-corrected chi connectivity index (χ3v) is 9.98. The smallest absolute Gasteiger partial charge is 0.209 e. The summed E-state index contributed by atoms with van der Waals surface area (Å²) in [4.78, 5) is 26.8. The number of fused-ring (bicyclic) bond motifs is 1. The number of sulfone groups is 1. The highest BCUT2D eigenvalue weighted by molar-refractivity contribution is 7.90. The van der Waals surface area contributed by atoms with E-state index >= 15 is 0 Å². The minimum Gasteiger partial charge on any atom is -0.383 e. The van der Waals surface area contributed by atoms with Crippen LogP contribution in [0.15, 0.2) is 59.1 Å². The van der Waals surface area contributed by atoms with E-state index in [0.29, 0.717) is 30.5 Å². The maximum atomic E-state index is 12.7. The average molecular weight is 642 g/mol. The monoisotopic (exact) mass is 641 g/mol. The molecule has 0 saturated carbocycles. The second-order valence-electron chi connectivity index (χ2n) is 12.0. The molecule has 3 rings (SSSR count). The van der Waals surface area contributed by atoms with Gasteiger partial charge in [0.15, 0.2) is 9.84 Å². The molecule has 1 N–H and O–H groups in total. The molecule has 250 valence electrons. The van der Waals surface area contributed by atoms with Gasteiger partial charge in [0.2, 0.25) is 6.41 Å². The fourth-order valence-corrected chi connectivity index (χ4v) is 6.92. The molecule has 0 saturated heterocycles. The van der Waals surface area contributed by atoms with Crippen LogP contribution >= 0.6 is 0 Å². The van der Waals surface area contributed by atoms with Crippen LogP contribution in [0.3, 0.4) is 0 Å². The van der Waals surface area contributed by atoms with Crippen LogP contribution in [0, 0.1) is 18.8 Å². The topological polar surface area (TPSA) is 96.0 Å². The second-order valence-corrected chi connectivity index (χ2v) is 14.0. The highest BCUT2D eigenvalue weighted by atomic mass is 32.2. The zero-order valence-corrected chi connectivity index (χ0v) is 29.4. The lowest BCUT2D eigenvalue weighted by Gasteiger charge is -2.41. The van der Waals surface area contributed by atoms with Crippen molar-refractivity contribution in [1.29, 1.82) is 0 Å². The van der Waals surface area contributed by atoms with E-state index in [-0.39, 0.29) is 18.0 Å². The number of ether oxygens (including phenoxy) is 1. The van der Waals surface area contributed by atoms with Crippen LogP contribution in [-0.4, -0.2) is 83.6 Å². The lowest BCUT2D eigenvalue weighted by molar-refractivity contribution is -0.117. The van der Waals surface area contributed by atoms with Gasteiger partial charge in [-0.15, -0.1) is 0 Å². The summed E-state index contributed by atoms with van der Waals surface area (Å²) in [6.07, 6.45) is 10.1. The van der Waals surface area contributed by atoms with Crippen LogP contribution in [0.2, 0.25) is 0 Å². The molecule has 8 nitrogen and oxygen atoms in total. The number of aryl methyl sites for hydroxylation is 1. The normalized spacial score (nSPS) is 14.7. The Balaban J connectivity index is 0.000000777. The molecule has 0 spiro atoms. The lowest BCUT2D eigenvalue weighted by atomic mass is 9.88. The first-order chi connectivity index (χ1) is 21.5. The number of hydrogen-bond donors (Lipinski definition) is 1. The molecule has 1 aliphatic carbocycles. The summed E-state index contributed by atoms with van der Waals surface area (Å²) in [5.41, 5.74) is 5.95. The Morgan fingerprint density at radius 1 is 1.07 bits per heavy atom. The fourth-order valence-electron chi connectivity index (χ4n) is 6.21. The number of benzene rings is 2. The van der Waals surface area contributed by atoms with Crippen LogP contribution in [-0.2, 0) is 43.5 Å². The van der Waals surface area contributed by atoms with E-state index in [2.05, 4.69) is 61.3 Å². The first-order valence-electron chi connectivity index (χ1n) is 16.1. The van der Waals surface area contributed by atoms with Crippen molar-refractivity contribution >= 4 is 22.5 Å². The SMILES string of the molecule is CC/C=C(\C(NC)C1Cc2ccccc2C1)N(Cc1ccc(S(C)(=O)=O)cc1C)C(C=O)C(CC)CC.COCCN(C)C=O. The third kappa shape index (κ3) is 10.8. The van der Waals surface area contributed by atoms with Gasteiger partial charge in [-0.3, -0.25) is 4.79 Å². The molecule has 0 heterocycles. The summed E-state index contributed by atoms with van der Waals surface area (Å²) in [5, 5.41) is 3.62. The molecule has 2 aromatic rings. The Labute approximate surface area is 272 Å². The molecule has 45 heavy (non-hydrogen) atoms. The van der Waals surface area contributed by atoms with Crippen molar-refractivity contribution in [3.8, 4) is 0 Å². The van der Waals surface area contributed by atoms with Gasteiger partial charge in [-0.1, -0.05) is 70.0 Å². The number of aldehydes is 1. The number of allylic oxidation sites excluding steroid dienone is 1. The van der Waals surface area contributed by atoms with Gasteiger partial charge in [-0.05, 0) is 79.5 Å². The van der Waals surface area contributed by atoms with Gasteiger partial charge >= 0.3 is 0 Å². The Hall–Kier alpha value is -3.01. The Morgan fingerprint density at radius 3 is 2.13 bits per heavy atom. The van der Waals surface area contributed by atoms with E-state index in [1.165, 1.54) is 28.0 Å². The van der Waals surface area contributed by atoms with Gasteiger partial charge in [0.05, 0.1) is 23.6 Å². The number of hydrogen-bond acceptors (Lipinski definition) is 7. The number of carbonyl (C=O) groups excluding carboxylic acids is 2. The second kappa shape index (κ2) is 18.8. The number of methoxy groups -OCH3 is 1. The number of nitrogens with zero attached hydrogens (tertiary/aromatic N) is 2. The molecule has 0 aliphatic heterocycles. The molecule has 2 unspecified atom stereocenters. The fraction of sp³-hybridized carbons (Fsp3) is 0.556. The number of likely N-dealkylation sites (N-methyl/N-ethyl adjacent to an activating group) is 2. The third-order valence-electron chi connectivity index (χ3n) is 8.87. The highest BCUT2D eigenvalue weighted by Gasteiger charge is 2.35. The largest absolute Gasteiger partial charge is 0.383 e. The maximum Gasteiger partial charge on any atom is 0.209 e. The summed E-state index contributed by atoms with van der Waals surface area (Å²) in [7, 11) is 2.06. The summed E-state index contributed by atoms with van der Waals surface area (Å²) < 4.78 is 29.0. The van der Waals surface area contributed by atoms with Crippen LogP contribution in [0.1, 0.15) is 62.3 Å². The van der Waals surface area contributed by atoms with E-state index in [1.807, 2.05) is 20.0 Å². The van der Waals surface area contributed by atoms with Gasteiger partial charge in [0.25, 0.3) is 0 Å². The lowest BCUT2D eigenvalue weighted by Crippen LogP contribution is -2.48. The molecule has 0 fully saturated rings. The number of carbonyl (C=O) groups is 2. The molecular formula is C36H55N3O5S. The standard InChI is InChI=1S/C31H44N2O3S.C5H11NO2/c1-7-12-29(31(32-5)27-18-24-13-10-11-14-25(24)19-27)33(30(21-34)23(8-2)9-3)20-26-15-16-28(17-22(26)4)37(6,35)36;1-6(5-7)3-4-8-2/h10-17,21,23,27,30-32H,7-9,18-20H2,1-6H3;5H,3-4H2,1-2H3/b29-12+;. The predicted molar refractivity (Wildman–Crippen MR) is 183 cm³/mol. The van der Waals surface area contributed by atoms with Crippen LogP contribution < -0.4 is 5.32 Å². The van der Waals surface area contributed by atoms with Gasteiger partial charge in [0.1, 0.15) is 6.29 Å². The predicted octanol–water partition coefficient (Wildman–Crippen LogP) is 5.22. The van der Waals surface area contributed by atoms with Gasteiger partial charge < -0.3 is 24.6 Å². The molecule has 0 bridgehead atoms. The molecule has 0 aromatic heterocycles. The summed E-state index contributed by atoms with van der Waals surface area (Å²) in [6.45, 7) is 10.2. The average Bonchev–Trinajstić information content (AvgIpc) is 3.46. The van der Waals surface area contributed by atoms with E-state index in [4.69, 9.17) is 4.74 Å². The first-order valence-corrected chi connectivity index (χ1v) is 18.0. The quantitative estimate of drug-likeness (QED) is 0.237. The minimum absolute atomic E-state index is 0.0970. The van der Waals surface area contributed by atoms with Crippen molar-refractivity contribution in [2.45, 2.75) is 83.3 Å². The van der Waals surface area contributed by atoms with E-state index in [9.17, 15) is 18.0 Å². The van der Waals surface area contributed by atoms with E-state index in [1.54, 1.807) is 26.3 Å². The Kier molecular flexibility index (Phi) is 16.0. The van der Waals surface area contributed by atoms with Crippen LogP contribution in [0.5, 0.6) is 0 Å². The maximum absolute atomic E-state index is 12.7. The molecule has 2 atom stereocenters. The molecule has 1 aliphatic rings. The number of amides is 1. The molecule has 1 amide bonds. The van der Waals surface area contributed by atoms with Gasteiger partial charge in [0, 0.05) is 39.2 Å². The summed E-state index contributed by atoms with van der Waals surface area (Å²) in [6, 6.07) is 13.9. The molecular weight excluding hydrogens is 586 g/mol. The Morgan fingerprint density at radius 2 is 1.69 bits per heavy atom. The minimum atomic E-state index is -3.28. The molecule has 0 radical (unpaired) electrons. The molecule has 2 aromatic carbocycles. The molecule has 9 heteroatoms. The number of nitrogens with one attached hydrogen (secondary N) is 1. The zero-order valence-electron chi connectivity index (χ0n) is 28.6. The summed E-state index contributed by atoms with van der Waals surface area (Å²) >= 11 is 0. The van der Waals surface area contributed by atoms with Gasteiger partial charge in [-0.2, -0.15) is 0 Å². The van der Waals surface area contributed by atoms with Gasteiger partial charge in [-0.25, -0.2) is 8.42 Å². The number of rotatable bonds is 17. The summed E-state index contributed by atoms with van der Waals surface area (Å²) in [5.74, 6) is 0.622. The highest BCUT2D eigenvalue weighted by Crippen LogP contribution is 2.35. The van der Waals surface area contributed by atoms with E-state index < -0.39 is 9.84 Å². The van der Waals surface area contributed by atoms with Crippen LogP contribution in [0.25, 0.3) is 0 Å². The van der Waals surface area contributed by atoms with E-state index in [0.717, 1.165) is 55.9 Å². The van der Waals surface area contributed by atoms with Crippen molar-refractivity contribution in [2.75, 3.05) is 40.6 Å². The zero-order chi connectivity index (χ0) is 33.6. The van der Waals surface area contributed by atoms with Crippen molar-refractivity contribution in [2.24, 2.45) is 11.8 Å². The van der Waals surface area contributed by atoms with Crippen molar-refractivity contribution < 1.29 is 22.7 Å². The first kappa shape index (κ1) is 38.2. The van der Waals surface area contributed by atoms with Crippen molar-refractivity contribution in [3.05, 3.63) is 76.5 Å². The van der Waals surface area contributed by atoms with Crippen molar-refractivity contribution in [3.63, 3.8) is 0 Å². The van der Waals surface area contributed by atoms with Crippen molar-refractivity contribution in [1.82, 2.24) is 15.1 Å².